The van der Waals surface area contributed by atoms with Crippen molar-refractivity contribution in [1.29, 1.82) is 0 Å². The van der Waals surface area contributed by atoms with Crippen LogP contribution in [0.15, 0.2) is 72.9 Å². The highest BCUT2D eigenvalue weighted by atomic mass is 32.2. The van der Waals surface area contributed by atoms with Crippen molar-refractivity contribution < 1.29 is 24.2 Å². The summed E-state index contributed by atoms with van der Waals surface area (Å²) in [6, 6.07) is 20.7. The number of pyridine rings is 1. The number of aliphatic hydroxyl groups excluding tert-OH is 1. The van der Waals surface area contributed by atoms with Gasteiger partial charge in [-0.25, -0.2) is 0 Å². The Morgan fingerprint density at radius 3 is 2.51 bits per heavy atom. The zero-order valence-corrected chi connectivity index (χ0v) is 20.3. The lowest BCUT2D eigenvalue weighted by atomic mass is 9.98. The number of aromatic nitrogens is 1. The molecule has 2 N–H and O–H groups in total. The van der Waals surface area contributed by atoms with Gasteiger partial charge in [-0.15, -0.1) is 0 Å². The minimum absolute atomic E-state index is 0.166. The molecule has 1 aromatic heterocycles. The summed E-state index contributed by atoms with van der Waals surface area (Å²) in [6.45, 7) is 2.56. The van der Waals surface area contributed by atoms with Gasteiger partial charge in [0.05, 0.1) is 12.7 Å². The van der Waals surface area contributed by atoms with Gasteiger partial charge in [0.1, 0.15) is 17.1 Å². The van der Waals surface area contributed by atoms with E-state index in [1.807, 2.05) is 66.7 Å². The van der Waals surface area contributed by atoms with Crippen LogP contribution in [0.1, 0.15) is 35.4 Å². The number of nitrogens with one attached hydrogen (secondary N) is 1. The molecule has 1 aliphatic heterocycles. The molecule has 3 aromatic rings. The van der Waals surface area contributed by atoms with Gasteiger partial charge in [-0.2, -0.15) is 0 Å². The predicted octanol–water partition coefficient (Wildman–Crippen LogP) is 4.24. The quantitative estimate of drug-likeness (QED) is 0.409. The molecule has 0 saturated carbocycles. The van der Waals surface area contributed by atoms with Crippen molar-refractivity contribution in [1.82, 2.24) is 10.3 Å². The van der Waals surface area contributed by atoms with Gasteiger partial charge in [-0.1, -0.05) is 48.5 Å². The molecule has 4 rings (SSSR count). The Morgan fingerprint density at radius 2 is 1.89 bits per heavy atom. The van der Waals surface area contributed by atoms with Crippen LogP contribution >= 0.6 is 11.8 Å². The molecule has 8 heteroatoms. The summed E-state index contributed by atoms with van der Waals surface area (Å²) in [5.41, 5.74) is 3.48. The van der Waals surface area contributed by atoms with Gasteiger partial charge in [0.2, 0.25) is 0 Å². The highest BCUT2D eigenvalue weighted by Gasteiger charge is 2.47. The molecule has 182 valence electrons. The van der Waals surface area contributed by atoms with Crippen LogP contribution in [0, 0.1) is 0 Å². The number of esters is 1. The molecule has 1 fully saturated rings. The van der Waals surface area contributed by atoms with Crippen LogP contribution in [0.4, 0.5) is 4.79 Å². The molecule has 0 spiro atoms. The molecule has 0 radical (unpaired) electrons. The third kappa shape index (κ3) is 6.61. The fourth-order valence-corrected chi connectivity index (χ4v) is 4.77. The number of amides is 1. The average Bonchev–Trinajstić information content (AvgIpc) is 3.26. The smallest absolute Gasteiger partial charge is 0.325 e. The van der Waals surface area contributed by atoms with Gasteiger partial charge in [-0.05, 0) is 60.0 Å². The van der Waals surface area contributed by atoms with Crippen molar-refractivity contribution in [2.45, 2.75) is 37.2 Å². The molecule has 1 aliphatic rings. The standard InChI is InChI=1S/C27H28N2O5S/c1-19(30)22-9-10-23(28-16-22)13-14-33-24-11-7-20(8-12-24)15-27(18-29-26(32)35-27)25(31)34-17-21-5-3-2-4-6-21/h2-12,16,19,30H,13-15,17-18H2,1H3,(H,29,32)/t19-,27?/m0/s1. The maximum absolute atomic E-state index is 13.0. The van der Waals surface area contributed by atoms with Crippen LogP contribution in [-0.4, -0.2) is 39.2 Å². The third-order valence-corrected chi connectivity index (χ3v) is 6.94. The van der Waals surface area contributed by atoms with E-state index in [0.717, 1.165) is 34.1 Å². The van der Waals surface area contributed by atoms with Gasteiger partial charge in [-0.3, -0.25) is 14.6 Å². The summed E-state index contributed by atoms with van der Waals surface area (Å²) in [4.78, 5) is 29.3. The first-order valence-corrected chi connectivity index (χ1v) is 12.3. The number of nitrogens with zero attached hydrogens (tertiary/aromatic N) is 1. The summed E-state index contributed by atoms with van der Waals surface area (Å²) in [5.74, 6) is 0.308. The highest BCUT2D eigenvalue weighted by molar-refractivity contribution is 8.15. The normalized spacial score (nSPS) is 18.1. The molecule has 2 aromatic carbocycles. The monoisotopic (exact) mass is 492 g/mol. The van der Waals surface area contributed by atoms with Crippen LogP contribution in [0.5, 0.6) is 5.75 Å². The van der Waals surface area contributed by atoms with Crippen LogP contribution in [0.3, 0.4) is 0 Å². The SMILES string of the molecule is C[C@H](O)c1ccc(CCOc2ccc(CC3(C(=O)OCc4ccccc4)CNC(=O)S3)cc2)nc1. The van der Waals surface area contributed by atoms with Gasteiger partial charge < -0.3 is 19.9 Å². The Balaban J connectivity index is 1.32. The number of aliphatic hydroxyl groups is 1. The fraction of sp³-hybridized carbons (Fsp3) is 0.296. The van der Waals surface area contributed by atoms with E-state index in [0.29, 0.717) is 25.2 Å². The van der Waals surface area contributed by atoms with E-state index in [1.165, 1.54) is 0 Å². The lowest BCUT2D eigenvalue weighted by Gasteiger charge is -2.24. The molecule has 2 atom stereocenters. The summed E-state index contributed by atoms with van der Waals surface area (Å²) < 4.78 is 10.4. The van der Waals surface area contributed by atoms with Crippen molar-refractivity contribution in [3.8, 4) is 5.75 Å². The summed E-state index contributed by atoms with van der Waals surface area (Å²) in [5, 5.41) is 12.1. The Labute approximate surface area is 208 Å². The molecule has 35 heavy (non-hydrogen) atoms. The Morgan fingerprint density at radius 1 is 1.11 bits per heavy atom. The number of rotatable bonds is 10. The number of hydrogen-bond donors (Lipinski definition) is 2. The molecule has 1 amide bonds. The minimum atomic E-state index is -1.00. The van der Waals surface area contributed by atoms with E-state index >= 15 is 0 Å². The first kappa shape index (κ1) is 24.8. The first-order chi connectivity index (χ1) is 16.9. The maximum Gasteiger partial charge on any atom is 0.325 e. The Kier molecular flexibility index (Phi) is 8.05. The van der Waals surface area contributed by atoms with Crippen molar-refractivity contribution >= 4 is 23.0 Å². The first-order valence-electron chi connectivity index (χ1n) is 11.5. The van der Waals surface area contributed by atoms with Gasteiger partial charge in [0.25, 0.3) is 5.24 Å². The van der Waals surface area contributed by atoms with E-state index in [4.69, 9.17) is 9.47 Å². The number of carbonyl (C=O) groups is 2. The molecule has 2 heterocycles. The van der Waals surface area contributed by atoms with Crippen molar-refractivity contribution in [2.24, 2.45) is 0 Å². The lowest BCUT2D eigenvalue weighted by molar-refractivity contribution is -0.147. The van der Waals surface area contributed by atoms with E-state index < -0.39 is 16.8 Å². The predicted molar refractivity (Wildman–Crippen MR) is 134 cm³/mol. The van der Waals surface area contributed by atoms with Gasteiger partial charge >= 0.3 is 5.97 Å². The van der Waals surface area contributed by atoms with E-state index in [1.54, 1.807) is 13.1 Å². The second-order valence-corrected chi connectivity index (χ2v) is 9.83. The topological polar surface area (TPSA) is 97.8 Å². The maximum atomic E-state index is 13.0. The number of ether oxygens (including phenoxy) is 2. The third-order valence-electron chi connectivity index (χ3n) is 5.76. The van der Waals surface area contributed by atoms with Gasteiger partial charge in [0, 0.05) is 24.9 Å². The van der Waals surface area contributed by atoms with E-state index in [-0.39, 0.29) is 18.4 Å². The van der Waals surface area contributed by atoms with E-state index in [9.17, 15) is 14.7 Å². The minimum Gasteiger partial charge on any atom is -0.493 e. The molecule has 7 nitrogen and oxygen atoms in total. The van der Waals surface area contributed by atoms with E-state index in [2.05, 4.69) is 10.3 Å². The number of thioether (sulfide) groups is 1. The Bertz CT molecular complexity index is 1140. The molecular formula is C27H28N2O5S. The zero-order valence-electron chi connectivity index (χ0n) is 19.5. The number of carbonyl (C=O) groups excluding carboxylic acids is 2. The summed E-state index contributed by atoms with van der Waals surface area (Å²) in [7, 11) is 0. The van der Waals surface area contributed by atoms with Crippen LogP contribution < -0.4 is 10.1 Å². The largest absolute Gasteiger partial charge is 0.493 e. The molecule has 1 unspecified atom stereocenters. The summed E-state index contributed by atoms with van der Waals surface area (Å²) in [6.07, 6.45) is 2.15. The van der Waals surface area contributed by atoms with Crippen LogP contribution in [-0.2, 0) is 29.0 Å². The van der Waals surface area contributed by atoms with Crippen molar-refractivity contribution in [3.05, 3.63) is 95.3 Å². The van der Waals surface area contributed by atoms with Crippen LogP contribution in [0.2, 0.25) is 0 Å². The van der Waals surface area contributed by atoms with Gasteiger partial charge in [0.15, 0.2) is 0 Å². The van der Waals surface area contributed by atoms with Crippen molar-refractivity contribution in [2.75, 3.05) is 13.2 Å². The summed E-state index contributed by atoms with van der Waals surface area (Å²) >= 11 is 0.991. The molecular weight excluding hydrogens is 464 g/mol. The zero-order chi connectivity index (χ0) is 24.7. The lowest BCUT2D eigenvalue weighted by Crippen LogP contribution is -2.42. The highest BCUT2D eigenvalue weighted by Crippen LogP contribution is 2.36. The Hall–Kier alpha value is -3.36. The molecule has 0 aliphatic carbocycles. The second-order valence-electron chi connectivity index (χ2n) is 8.48. The van der Waals surface area contributed by atoms with Crippen molar-refractivity contribution in [3.63, 3.8) is 0 Å². The molecule has 0 bridgehead atoms. The number of benzene rings is 2. The molecule has 1 saturated heterocycles. The second kappa shape index (κ2) is 11.4. The number of hydrogen-bond acceptors (Lipinski definition) is 7. The fourth-order valence-electron chi connectivity index (χ4n) is 3.74. The average molecular weight is 493 g/mol. The van der Waals surface area contributed by atoms with Crippen LogP contribution in [0.25, 0.3) is 0 Å².